The second-order valence-electron chi connectivity index (χ2n) is 5.10. The molecule has 2 N–H and O–H groups in total. The molecule has 0 heterocycles. The largest absolute Gasteiger partial charge is 0.323 e. The molecule has 3 heteroatoms. The minimum atomic E-state index is -0.230. The molecule has 1 aromatic carbocycles. The van der Waals surface area contributed by atoms with E-state index in [0.717, 1.165) is 16.9 Å². The number of allylic oxidation sites excluding steroid dienone is 5. The molecule has 1 aliphatic rings. The Morgan fingerprint density at radius 3 is 2.45 bits per heavy atom. The summed E-state index contributed by atoms with van der Waals surface area (Å²) in [5, 5.41) is 5.67. The smallest absolute Gasteiger partial charge is 0.308 e. The van der Waals surface area contributed by atoms with Crippen molar-refractivity contribution in [3.05, 3.63) is 65.4 Å². The number of amides is 2. The van der Waals surface area contributed by atoms with Gasteiger partial charge in [0.2, 0.25) is 0 Å². The average molecular weight is 298 g/mol. The molecule has 0 radical (unpaired) electrons. The van der Waals surface area contributed by atoms with Gasteiger partial charge in [0, 0.05) is 11.4 Å². The fourth-order valence-corrected chi connectivity index (χ4v) is 1.91. The van der Waals surface area contributed by atoms with Gasteiger partial charge >= 0.3 is 6.03 Å². The average Bonchev–Trinajstić information content (AvgIpc) is 2.70. The Balaban J connectivity index is 0.00000116. The highest BCUT2D eigenvalue weighted by molar-refractivity contribution is 5.90. The van der Waals surface area contributed by atoms with Gasteiger partial charge in [-0.05, 0) is 55.2 Å². The van der Waals surface area contributed by atoms with Crippen LogP contribution in [0.5, 0.6) is 0 Å². The number of carbonyl (C=O) groups excluding carboxylic acids is 1. The lowest BCUT2D eigenvalue weighted by molar-refractivity contribution is 0.254. The van der Waals surface area contributed by atoms with Crippen LogP contribution in [-0.4, -0.2) is 6.03 Å². The van der Waals surface area contributed by atoms with Crippen LogP contribution >= 0.6 is 0 Å². The zero-order chi connectivity index (χ0) is 16.5. The summed E-state index contributed by atoms with van der Waals surface area (Å²) in [5.41, 5.74) is 3.96. The van der Waals surface area contributed by atoms with E-state index in [0.29, 0.717) is 5.92 Å². The molecule has 0 bridgehead atoms. The van der Waals surface area contributed by atoms with Crippen molar-refractivity contribution >= 4 is 11.7 Å². The van der Waals surface area contributed by atoms with Crippen LogP contribution in [0.4, 0.5) is 10.5 Å². The minimum absolute atomic E-state index is 0.230. The van der Waals surface area contributed by atoms with Crippen LogP contribution in [0.15, 0.2) is 54.3 Å². The predicted octanol–water partition coefficient (Wildman–Crippen LogP) is 5.10. The number of nitrogens with one attached hydrogen (secondary N) is 2. The van der Waals surface area contributed by atoms with Crippen LogP contribution in [0.25, 0.3) is 0 Å². The molecular weight excluding hydrogens is 272 g/mol. The Hall–Kier alpha value is -2.29. The highest BCUT2D eigenvalue weighted by Crippen LogP contribution is 2.14. The Labute approximate surface area is 133 Å². The van der Waals surface area contributed by atoms with E-state index in [9.17, 15) is 4.79 Å². The van der Waals surface area contributed by atoms with Crippen molar-refractivity contribution in [1.29, 1.82) is 0 Å². The summed E-state index contributed by atoms with van der Waals surface area (Å²) in [6, 6.07) is 5.64. The van der Waals surface area contributed by atoms with E-state index in [1.54, 1.807) is 0 Å². The van der Waals surface area contributed by atoms with Gasteiger partial charge in [-0.2, -0.15) is 0 Å². The topological polar surface area (TPSA) is 41.1 Å². The van der Waals surface area contributed by atoms with E-state index in [1.165, 1.54) is 5.56 Å². The first-order chi connectivity index (χ1) is 10.5. The SMILES string of the molecule is CC.Cc1ccc(NC(=O)NC2=CC=CC(C)C=C2)cc1C. The van der Waals surface area contributed by atoms with E-state index in [4.69, 9.17) is 0 Å². The van der Waals surface area contributed by atoms with Gasteiger partial charge in [0.1, 0.15) is 0 Å². The van der Waals surface area contributed by atoms with E-state index in [2.05, 4.69) is 23.6 Å². The molecule has 2 amide bonds. The van der Waals surface area contributed by atoms with Gasteiger partial charge in [-0.15, -0.1) is 0 Å². The maximum Gasteiger partial charge on any atom is 0.323 e. The summed E-state index contributed by atoms with van der Waals surface area (Å²) in [6.07, 6.45) is 9.89. The summed E-state index contributed by atoms with van der Waals surface area (Å²) < 4.78 is 0. The van der Waals surface area contributed by atoms with Crippen LogP contribution in [0.3, 0.4) is 0 Å². The molecule has 0 aliphatic heterocycles. The van der Waals surface area contributed by atoms with Gasteiger partial charge in [0.05, 0.1) is 0 Å². The molecular formula is C19H26N2O. The molecule has 0 saturated heterocycles. The van der Waals surface area contributed by atoms with Crippen LogP contribution in [0, 0.1) is 19.8 Å². The van der Waals surface area contributed by atoms with Crippen molar-refractivity contribution in [1.82, 2.24) is 5.32 Å². The molecule has 0 aromatic heterocycles. The van der Waals surface area contributed by atoms with Crippen LogP contribution in [-0.2, 0) is 0 Å². The first-order valence-electron chi connectivity index (χ1n) is 7.76. The van der Waals surface area contributed by atoms with Crippen molar-refractivity contribution in [3.63, 3.8) is 0 Å². The Bertz CT molecular complexity index is 597. The first-order valence-corrected chi connectivity index (χ1v) is 7.76. The monoisotopic (exact) mass is 298 g/mol. The number of anilines is 1. The third-order valence-electron chi connectivity index (χ3n) is 3.29. The third kappa shape index (κ3) is 5.60. The Morgan fingerprint density at radius 2 is 1.77 bits per heavy atom. The quantitative estimate of drug-likeness (QED) is 0.784. The summed E-state index contributed by atoms with van der Waals surface area (Å²) in [4.78, 5) is 11.9. The van der Waals surface area contributed by atoms with Gasteiger partial charge in [-0.25, -0.2) is 4.79 Å². The van der Waals surface area contributed by atoms with Crippen molar-refractivity contribution in [2.24, 2.45) is 5.92 Å². The number of aryl methyl sites for hydroxylation is 2. The van der Waals surface area contributed by atoms with Gasteiger partial charge < -0.3 is 10.6 Å². The van der Waals surface area contributed by atoms with E-state index in [1.807, 2.05) is 70.2 Å². The number of hydrogen-bond acceptors (Lipinski definition) is 1. The summed E-state index contributed by atoms with van der Waals surface area (Å²) in [7, 11) is 0. The maximum absolute atomic E-state index is 11.9. The second kappa shape index (κ2) is 8.88. The molecule has 1 unspecified atom stereocenters. The number of benzene rings is 1. The van der Waals surface area contributed by atoms with Gasteiger partial charge in [-0.1, -0.05) is 45.1 Å². The Kier molecular flexibility index (Phi) is 7.17. The zero-order valence-electron chi connectivity index (χ0n) is 14.1. The van der Waals surface area contributed by atoms with E-state index >= 15 is 0 Å². The summed E-state index contributed by atoms with van der Waals surface area (Å²) in [5.74, 6) is 0.383. The number of hydrogen-bond donors (Lipinski definition) is 2. The van der Waals surface area contributed by atoms with E-state index in [-0.39, 0.29) is 6.03 Å². The first kappa shape index (κ1) is 17.8. The third-order valence-corrected chi connectivity index (χ3v) is 3.29. The number of urea groups is 1. The lowest BCUT2D eigenvalue weighted by Crippen LogP contribution is -2.27. The summed E-state index contributed by atoms with van der Waals surface area (Å²) >= 11 is 0. The zero-order valence-corrected chi connectivity index (χ0v) is 14.1. The lowest BCUT2D eigenvalue weighted by Gasteiger charge is -2.09. The molecule has 118 valence electrons. The second-order valence-corrected chi connectivity index (χ2v) is 5.10. The van der Waals surface area contributed by atoms with Crippen molar-refractivity contribution in [3.8, 4) is 0 Å². The van der Waals surface area contributed by atoms with Crippen LogP contribution < -0.4 is 10.6 Å². The Morgan fingerprint density at radius 1 is 1.05 bits per heavy atom. The normalized spacial score (nSPS) is 16.0. The molecule has 1 atom stereocenters. The molecule has 0 fully saturated rings. The van der Waals surface area contributed by atoms with Crippen molar-refractivity contribution < 1.29 is 4.79 Å². The van der Waals surface area contributed by atoms with Crippen LogP contribution in [0.1, 0.15) is 31.9 Å². The molecule has 1 aliphatic carbocycles. The highest BCUT2D eigenvalue weighted by atomic mass is 16.2. The van der Waals surface area contributed by atoms with Crippen molar-refractivity contribution in [2.45, 2.75) is 34.6 Å². The lowest BCUT2D eigenvalue weighted by atomic mass is 10.1. The maximum atomic E-state index is 11.9. The molecule has 2 rings (SSSR count). The fraction of sp³-hybridized carbons (Fsp3) is 0.316. The highest BCUT2D eigenvalue weighted by Gasteiger charge is 2.05. The standard InChI is InChI=1S/C17H20N2O.C2H6/c1-12-5-4-6-15(9-7-12)18-17(20)19-16-10-8-13(2)14(3)11-16;1-2/h4-12H,1-3H3,(H2,18,19,20);1-2H3. The number of carbonyl (C=O) groups is 1. The summed E-state index contributed by atoms with van der Waals surface area (Å²) in [6.45, 7) is 10.2. The minimum Gasteiger partial charge on any atom is -0.308 e. The molecule has 22 heavy (non-hydrogen) atoms. The number of rotatable bonds is 2. The molecule has 0 saturated carbocycles. The van der Waals surface area contributed by atoms with Gasteiger partial charge in [0.15, 0.2) is 0 Å². The molecule has 1 aromatic rings. The van der Waals surface area contributed by atoms with Crippen molar-refractivity contribution in [2.75, 3.05) is 5.32 Å². The predicted molar refractivity (Wildman–Crippen MR) is 94.9 cm³/mol. The van der Waals surface area contributed by atoms with E-state index < -0.39 is 0 Å². The molecule has 3 nitrogen and oxygen atoms in total. The van der Waals surface area contributed by atoms with Gasteiger partial charge in [-0.3, -0.25) is 0 Å². The molecule has 0 spiro atoms. The fourth-order valence-electron chi connectivity index (χ4n) is 1.91. The van der Waals surface area contributed by atoms with Gasteiger partial charge in [0.25, 0.3) is 0 Å². The van der Waals surface area contributed by atoms with Crippen LogP contribution in [0.2, 0.25) is 0 Å².